The van der Waals surface area contributed by atoms with Crippen molar-refractivity contribution < 1.29 is 25.8 Å². The molecule has 1 aliphatic carbocycles. The van der Waals surface area contributed by atoms with Gasteiger partial charge in [0.1, 0.15) is 5.82 Å². The Morgan fingerprint density at radius 2 is 1.19 bits per heavy atom. The maximum Gasteiger partial charge on any atom is 0.135 e. The van der Waals surface area contributed by atoms with Gasteiger partial charge in [0.05, 0.1) is 0 Å². The predicted octanol–water partition coefficient (Wildman–Crippen LogP) is 15.5. The minimum absolute atomic E-state index is 0. The van der Waals surface area contributed by atoms with Gasteiger partial charge in [-0.25, -0.2) is 4.98 Å². The van der Waals surface area contributed by atoms with E-state index >= 15 is 0 Å². The molecule has 0 saturated carbocycles. The molecule has 0 bridgehead atoms. The summed E-state index contributed by atoms with van der Waals surface area (Å²) in [5.74, 6) is 2.11. The fourth-order valence-electron chi connectivity index (χ4n) is 11.2. The molecule has 0 unspecified atom stereocenters. The molecule has 0 N–H and O–H groups in total. The summed E-state index contributed by atoms with van der Waals surface area (Å²) in [4.78, 5) is 9.58. The molecule has 0 fully saturated rings. The molecule has 344 valence electrons. The molecular weight excluding hydrogens is 1000 g/mol. The molecule has 2 aliphatic heterocycles. The summed E-state index contributed by atoms with van der Waals surface area (Å²) < 4.78 is 9.14. The third kappa shape index (κ3) is 6.68. The monoisotopic (exact) mass is 1060 g/mol. The van der Waals surface area contributed by atoms with Gasteiger partial charge in [0.15, 0.2) is 0 Å². The molecule has 8 aromatic rings. The summed E-state index contributed by atoms with van der Waals surface area (Å²) in [7, 11) is 2.16. The van der Waals surface area contributed by atoms with Crippen molar-refractivity contribution >= 4 is 38.9 Å². The van der Waals surface area contributed by atoms with Crippen LogP contribution in [0.2, 0.25) is 0 Å². The molecule has 5 nitrogen and oxygen atoms in total. The average molecular weight is 1060 g/mol. The number of hydrogen-bond donors (Lipinski definition) is 0. The van der Waals surface area contributed by atoms with Gasteiger partial charge < -0.3 is 19.1 Å². The molecule has 6 heteroatoms. The maximum atomic E-state index is 6.94. The Bertz CT molecular complexity index is 3260. The number of rotatable bonds is 3. The normalized spacial score (nSPS) is 14.9. The van der Waals surface area contributed by atoms with Gasteiger partial charge >= 0.3 is 0 Å². The van der Waals surface area contributed by atoms with Gasteiger partial charge in [0.2, 0.25) is 0 Å². The number of anilines is 3. The van der Waals surface area contributed by atoms with E-state index < -0.39 is 5.41 Å². The quantitative estimate of drug-likeness (QED) is 0.165. The Morgan fingerprint density at radius 3 is 1.81 bits per heavy atom. The van der Waals surface area contributed by atoms with E-state index in [-0.39, 0.29) is 42.7 Å². The van der Waals surface area contributed by atoms with Crippen LogP contribution in [0.3, 0.4) is 0 Å². The van der Waals surface area contributed by atoms with Gasteiger partial charge in [-0.2, -0.15) is 18.8 Å². The van der Waals surface area contributed by atoms with E-state index in [4.69, 9.17) is 9.72 Å². The van der Waals surface area contributed by atoms with Crippen LogP contribution < -0.4 is 14.5 Å². The van der Waals surface area contributed by atoms with Crippen molar-refractivity contribution in [1.82, 2.24) is 9.55 Å². The summed E-state index contributed by atoms with van der Waals surface area (Å²) in [6.45, 7) is 32.8. The van der Waals surface area contributed by atoms with Crippen molar-refractivity contribution in [1.29, 1.82) is 0 Å². The van der Waals surface area contributed by atoms with Gasteiger partial charge in [0.25, 0.3) is 0 Å². The smallest absolute Gasteiger partial charge is 0.135 e. The van der Waals surface area contributed by atoms with E-state index in [0.717, 1.165) is 39.0 Å². The molecular formula is C61H61N4OPt-3. The number of hydrogen-bond acceptors (Lipinski definition) is 4. The molecule has 1 spiro atoms. The van der Waals surface area contributed by atoms with Crippen LogP contribution in [0.25, 0.3) is 38.8 Å². The van der Waals surface area contributed by atoms with Crippen molar-refractivity contribution in [2.75, 3.05) is 16.8 Å². The molecule has 0 atom stereocenters. The number of aryl methyl sites for hydroxylation is 1. The van der Waals surface area contributed by atoms with E-state index in [9.17, 15) is 0 Å². The van der Waals surface area contributed by atoms with E-state index in [1.54, 1.807) is 0 Å². The van der Waals surface area contributed by atoms with Crippen molar-refractivity contribution in [3.05, 3.63) is 178 Å². The largest absolute Gasteiger partial charge is 0.509 e. The minimum atomic E-state index is -0.666. The summed E-state index contributed by atoms with van der Waals surface area (Å²) in [6.07, 6.45) is 0. The summed E-state index contributed by atoms with van der Waals surface area (Å²) >= 11 is 0. The average Bonchev–Trinajstić information content (AvgIpc) is 3.87. The summed E-state index contributed by atoms with van der Waals surface area (Å²) in [6, 6.07) is 48.1. The van der Waals surface area contributed by atoms with Gasteiger partial charge in [-0.3, -0.25) is 0 Å². The van der Waals surface area contributed by atoms with Crippen molar-refractivity contribution in [2.45, 2.75) is 117 Å². The Kier molecular flexibility index (Phi) is 10.1. The Balaban J connectivity index is 0.00000525. The second-order valence-corrected chi connectivity index (χ2v) is 23.2. The number of para-hydroxylation sites is 2. The second kappa shape index (κ2) is 14.9. The van der Waals surface area contributed by atoms with E-state index in [1.807, 2.05) is 19.1 Å². The summed E-state index contributed by atoms with van der Waals surface area (Å²) in [5.41, 5.74) is 18.6. The van der Waals surface area contributed by atoms with E-state index in [1.165, 1.54) is 67.0 Å². The van der Waals surface area contributed by atoms with Crippen LogP contribution in [0.4, 0.5) is 17.1 Å². The zero-order valence-corrected chi connectivity index (χ0v) is 43.8. The predicted molar refractivity (Wildman–Crippen MR) is 274 cm³/mol. The molecule has 0 saturated heterocycles. The Hall–Kier alpha value is -5.64. The van der Waals surface area contributed by atoms with Crippen LogP contribution >= 0.6 is 0 Å². The molecule has 2 aromatic heterocycles. The maximum absolute atomic E-state index is 6.94. The van der Waals surface area contributed by atoms with E-state index in [0.29, 0.717) is 11.5 Å². The summed E-state index contributed by atoms with van der Waals surface area (Å²) in [5, 5.41) is 2.25. The number of pyridine rings is 1. The molecule has 67 heavy (non-hydrogen) atoms. The van der Waals surface area contributed by atoms with Gasteiger partial charge in [-0.15, -0.1) is 35.2 Å². The second-order valence-electron chi connectivity index (χ2n) is 23.2. The zero-order chi connectivity index (χ0) is 46.6. The minimum Gasteiger partial charge on any atom is -0.509 e. The number of nitrogens with zero attached hydrogens (tertiary/aromatic N) is 4. The van der Waals surface area contributed by atoms with Gasteiger partial charge in [0, 0.05) is 60.6 Å². The van der Waals surface area contributed by atoms with Crippen LogP contribution in [-0.2, 0) is 48.1 Å². The first-order valence-corrected chi connectivity index (χ1v) is 23.6. The molecule has 6 aromatic carbocycles. The first kappa shape index (κ1) is 45.2. The standard InChI is InChI=1S/C61H61N4O.Pt/c1-36-19-17-24-53(62-36)65-49-22-16-15-20-41(49)42-27-25-39(33-51(42)65)66-40-26-28-45-52(34-40)64-35-63(14)50-23-18-21-46(56(50)64)61(45)54-43(29-37(57(2,3)4)31-47(54)59(8,9)10)44-30-38(58(5,6)7)32-48(55(44)61)60(11,12)13;/h15-32,35H,1-14H3;/q-3;. The number of fused-ring (bicyclic) bond motifs is 12. The number of aromatic nitrogens is 2. The van der Waals surface area contributed by atoms with Crippen LogP contribution in [0.1, 0.15) is 133 Å². The molecule has 4 heterocycles. The zero-order valence-electron chi connectivity index (χ0n) is 41.5. The van der Waals surface area contributed by atoms with Gasteiger partial charge in [-0.1, -0.05) is 155 Å². The number of ether oxygens (including phenoxy) is 1. The van der Waals surface area contributed by atoms with E-state index in [2.05, 4.69) is 220 Å². The van der Waals surface area contributed by atoms with Crippen LogP contribution in [0.15, 0.2) is 109 Å². The third-order valence-corrected chi connectivity index (χ3v) is 14.4. The van der Waals surface area contributed by atoms with Gasteiger partial charge in [-0.05, 0) is 115 Å². The fraction of sp³-hybridized carbons (Fsp3) is 0.311. The number of benzene rings is 6. The Labute approximate surface area is 412 Å². The first-order valence-electron chi connectivity index (χ1n) is 23.6. The molecule has 3 aliphatic rings. The van der Waals surface area contributed by atoms with Crippen molar-refractivity contribution in [2.24, 2.45) is 0 Å². The first-order chi connectivity index (χ1) is 31.1. The SMILES string of the molecule is Cc1cccc(-n2c3[c-]c(Oc4[c-]c5c(cc4)C4(c6cccc7c6N5[CH-]N7C)c5c(cc(C(C)(C)C)cc5C(C)(C)C)-c5cc(C(C)(C)C)cc(C(C)(C)C)c54)ccc3c3ccccc32)n1.[Pt]. The Morgan fingerprint density at radius 1 is 0.597 bits per heavy atom. The molecule has 0 amide bonds. The third-order valence-electron chi connectivity index (χ3n) is 14.4. The fourth-order valence-corrected chi connectivity index (χ4v) is 11.2. The van der Waals surface area contributed by atoms with Crippen LogP contribution in [-0.4, -0.2) is 16.6 Å². The van der Waals surface area contributed by atoms with Crippen molar-refractivity contribution in [3.63, 3.8) is 0 Å². The van der Waals surface area contributed by atoms with Crippen molar-refractivity contribution in [3.8, 4) is 28.4 Å². The van der Waals surface area contributed by atoms with Crippen LogP contribution in [0.5, 0.6) is 11.5 Å². The van der Waals surface area contributed by atoms with Crippen LogP contribution in [0, 0.1) is 25.7 Å². The molecule has 0 radical (unpaired) electrons. The molecule has 11 rings (SSSR count). The topological polar surface area (TPSA) is 33.5 Å².